The highest BCUT2D eigenvalue weighted by Crippen LogP contribution is 2.20. The number of hydrogen-bond donors (Lipinski definition) is 2. The average molecular weight is 440 g/mol. The van der Waals surface area contributed by atoms with Gasteiger partial charge in [0.15, 0.2) is 0 Å². The van der Waals surface area contributed by atoms with Gasteiger partial charge in [0.2, 0.25) is 11.1 Å². The highest BCUT2D eigenvalue weighted by molar-refractivity contribution is 7.99. The molecule has 0 unspecified atom stereocenters. The molecule has 0 spiro atoms. The lowest BCUT2D eigenvalue weighted by Gasteiger charge is -2.11. The molecule has 9 heteroatoms. The fourth-order valence-corrected chi connectivity index (χ4v) is 3.66. The summed E-state index contributed by atoms with van der Waals surface area (Å²) in [4.78, 5) is 24.9. The van der Waals surface area contributed by atoms with Gasteiger partial charge < -0.3 is 15.9 Å². The van der Waals surface area contributed by atoms with Crippen LogP contribution in [0.25, 0.3) is 0 Å². The highest BCUT2D eigenvalue weighted by atomic mass is 32.2. The summed E-state index contributed by atoms with van der Waals surface area (Å²) in [6.45, 7) is 6.37. The number of nitrogens with one attached hydrogen (secondary N) is 1. The van der Waals surface area contributed by atoms with Crippen LogP contribution in [0.3, 0.4) is 0 Å². The lowest BCUT2D eigenvalue weighted by atomic mass is 10.1. The molecule has 0 fully saturated rings. The van der Waals surface area contributed by atoms with Crippen LogP contribution >= 0.6 is 11.8 Å². The molecular weight excluding hydrogens is 414 g/mol. The minimum absolute atomic E-state index is 0.0529. The molecule has 3 rings (SSSR count). The number of aryl methyl sites for hydroxylation is 2. The molecule has 8 nitrogen and oxygen atoms in total. The summed E-state index contributed by atoms with van der Waals surface area (Å²) in [5, 5.41) is 11.2. The minimum Gasteiger partial charge on any atom is -0.494 e. The van der Waals surface area contributed by atoms with E-state index in [1.54, 1.807) is 0 Å². The monoisotopic (exact) mass is 439 g/mol. The van der Waals surface area contributed by atoms with Crippen molar-refractivity contribution in [2.45, 2.75) is 32.3 Å². The van der Waals surface area contributed by atoms with Gasteiger partial charge >= 0.3 is 0 Å². The number of thioether (sulfide) groups is 1. The normalized spacial score (nSPS) is 10.7. The van der Waals surface area contributed by atoms with Crippen LogP contribution in [0, 0.1) is 13.8 Å². The SMILES string of the molecule is CCOc1ccc(Cc2nnc(SCC(=O)Nc3c(C)cccc3C)n(N)c2=O)cc1. The van der Waals surface area contributed by atoms with Crippen molar-refractivity contribution in [3.8, 4) is 5.75 Å². The number of para-hydroxylation sites is 1. The van der Waals surface area contributed by atoms with Gasteiger partial charge in [-0.15, -0.1) is 10.2 Å². The summed E-state index contributed by atoms with van der Waals surface area (Å²) >= 11 is 1.06. The standard InChI is InChI=1S/C22H25N5O3S/c1-4-30-17-10-8-16(9-11-17)12-18-21(29)27(23)22(26-25-18)31-13-19(28)24-20-14(2)6-5-7-15(20)3/h5-11H,4,12-13,23H2,1-3H3,(H,24,28). The van der Waals surface area contributed by atoms with Gasteiger partial charge in [0.05, 0.1) is 12.4 Å². The molecule has 1 heterocycles. The summed E-state index contributed by atoms with van der Waals surface area (Å²) in [7, 11) is 0. The molecule has 162 valence electrons. The molecule has 1 aromatic heterocycles. The van der Waals surface area contributed by atoms with Gasteiger partial charge in [-0.2, -0.15) is 4.68 Å². The number of carbonyl (C=O) groups excluding carboxylic acids is 1. The highest BCUT2D eigenvalue weighted by Gasteiger charge is 2.14. The second-order valence-electron chi connectivity index (χ2n) is 6.96. The Balaban J connectivity index is 1.65. The van der Waals surface area contributed by atoms with Gasteiger partial charge in [-0.1, -0.05) is 42.1 Å². The van der Waals surface area contributed by atoms with Crippen LogP contribution in [0.15, 0.2) is 52.4 Å². The van der Waals surface area contributed by atoms with Crippen LogP contribution in [0.2, 0.25) is 0 Å². The number of nitrogen functional groups attached to an aromatic ring is 1. The number of ether oxygens (including phenoxy) is 1. The fourth-order valence-electron chi connectivity index (χ4n) is 3.01. The van der Waals surface area contributed by atoms with Crippen LogP contribution in [0.5, 0.6) is 5.75 Å². The van der Waals surface area contributed by atoms with E-state index in [1.165, 1.54) is 0 Å². The number of amides is 1. The predicted molar refractivity (Wildman–Crippen MR) is 122 cm³/mol. The van der Waals surface area contributed by atoms with Crippen LogP contribution in [-0.4, -0.2) is 33.1 Å². The molecule has 0 aliphatic rings. The number of nitrogens with two attached hydrogens (primary N) is 1. The van der Waals surface area contributed by atoms with Gasteiger partial charge in [-0.05, 0) is 49.6 Å². The van der Waals surface area contributed by atoms with Crippen LogP contribution in [-0.2, 0) is 11.2 Å². The Kier molecular flexibility index (Phi) is 7.30. The third kappa shape index (κ3) is 5.64. The average Bonchev–Trinajstić information content (AvgIpc) is 2.75. The van der Waals surface area contributed by atoms with Crippen LogP contribution in [0.1, 0.15) is 29.3 Å². The molecule has 31 heavy (non-hydrogen) atoms. The maximum Gasteiger partial charge on any atom is 0.294 e. The molecule has 0 saturated heterocycles. The van der Waals surface area contributed by atoms with Gasteiger partial charge in [0.25, 0.3) is 5.56 Å². The van der Waals surface area contributed by atoms with E-state index in [0.717, 1.165) is 44.6 Å². The van der Waals surface area contributed by atoms with Crippen molar-refractivity contribution in [3.63, 3.8) is 0 Å². The van der Waals surface area contributed by atoms with E-state index >= 15 is 0 Å². The van der Waals surface area contributed by atoms with Crippen molar-refractivity contribution in [3.05, 3.63) is 75.2 Å². The Hall–Kier alpha value is -3.33. The first kappa shape index (κ1) is 22.4. The first-order chi connectivity index (χ1) is 14.9. The smallest absolute Gasteiger partial charge is 0.294 e. The van der Waals surface area contributed by atoms with Crippen molar-refractivity contribution in [1.29, 1.82) is 0 Å². The largest absolute Gasteiger partial charge is 0.494 e. The summed E-state index contributed by atoms with van der Waals surface area (Å²) in [5.74, 6) is 6.52. The second-order valence-corrected chi connectivity index (χ2v) is 7.90. The predicted octanol–water partition coefficient (Wildman–Crippen LogP) is 2.69. The van der Waals surface area contributed by atoms with E-state index in [4.69, 9.17) is 10.6 Å². The second kappa shape index (κ2) is 10.1. The lowest BCUT2D eigenvalue weighted by molar-refractivity contribution is -0.113. The fraction of sp³-hybridized carbons (Fsp3) is 0.273. The van der Waals surface area contributed by atoms with Crippen molar-refractivity contribution in [2.24, 2.45) is 0 Å². The first-order valence-electron chi connectivity index (χ1n) is 9.83. The molecule has 0 radical (unpaired) electrons. The number of anilines is 1. The van der Waals surface area contributed by atoms with Crippen molar-refractivity contribution in [1.82, 2.24) is 14.9 Å². The van der Waals surface area contributed by atoms with Gasteiger partial charge in [0.1, 0.15) is 11.4 Å². The Labute approximate surface area is 184 Å². The van der Waals surface area contributed by atoms with Crippen LogP contribution < -0.4 is 21.5 Å². The number of nitrogens with zero attached hydrogens (tertiary/aromatic N) is 3. The Morgan fingerprint density at radius 3 is 2.45 bits per heavy atom. The van der Waals surface area contributed by atoms with E-state index in [9.17, 15) is 9.59 Å². The minimum atomic E-state index is -0.443. The summed E-state index contributed by atoms with van der Waals surface area (Å²) < 4.78 is 6.36. The van der Waals surface area contributed by atoms with Gasteiger partial charge in [-0.25, -0.2) is 0 Å². The molecule has 0 aliphatic carbocycles. The third-order valence-corrected chi connectivity index (χ3v) is 5.55. The number of carbonyl (C=O) groups is 1. The van der Waals surface area contributed by atoms with Crippen molar-refractivity contribution >= 4 is 23.4 Å². The molecule has 0 atom stereocenters. The molecule has 2 aromatic carbocycles. The number of hydrogen-bond acceptors (Lipinski definition) is 7. The zero-order valence-electron chi connectivity index (χ0n) is 17.7. The van der Waals surface area contributed by atoms with E-state index in [0.29, 0.717) is 13.0 Å². The molecule has 3 N–H and O–H groups in total. The van der Waals surface area contributed by atoms with E-state index in [1.807, 2.05) is 63.2 Å². The number of benzene rings is 2. The molecular formula is C22H25N5O3S. The van der Waals surface area contributed by atoms with E-state index in [-0.39, 0.29) is 22.5 Å². The van der Waals surface area contributed by atoms with E-state index in [2.05, 4.69) is 15.5 Å². The maximum atomic E-state index is 12.6. The molecule has 0 aliphatic heterocycles. The van der Waals surface area contributed by atoms with E-state index < -0.39 is 5.56 Å². The Morgan fingerprint density at radius 2 is 1.81 bits per heavy atom. The zero-order chi connectivity index (χ0) is 22.4. The number of rotatable bonds is 8. The Morgan fingerprint density at radius 1 is 1.13 bits per heavy atom. The molecule has 0 bridgehead atoms. The van der Waals surface area contributed by atoms with Crippen LogP contribution in [0.4, 0.5) is 5.69 Å². The van der Waals surface area contributed by atoms with Gasteiger partial charge in [-0.3, -0.25) is 9.59 Å². The van der Waals surface area contributed by atoms with Crippen molar-refractivity contribution < 1.29 is 9.53 Å². The van der Waals surface area contributed by atoms with Crippen molar-refractivity contribution in [2.75, 3.05) is 23.5 Å². The molecule has 0 saturated carbocycles. The summed E-state index contributed by atoms with van der Waals surface area (Å²) in [6, 6.07) is 13.2. The third-order valence-electron chi connectivity index (χ3n) is 4.61. The van der Waals surface area contributed by atoms with Gasteiger partial charge in [0, 0.05) is 12.1 Å². The lowest BCUT2D eigenvalue weighted by Crippen LogP contribution is -2.34. The quantitative estimate of drug-likeness (QED) is 0.410. The molecule has 3 aromatic rings. The zero-order valence-corrected chi connectivity index (χ0v) is 18.5. The summed E-state index contributed by atoms with van der Waals surface area (Å²) in [5.41, 5.74) is 3.43. The maximum absolute atomic E-state index is 12.6. The topological polar surface area (TPSA) is 112 Å². The Bertz CT molecular complexity index is 1110. The molecule has 1 amide bonds. The summed E-state index contributed by atoms with van der Waals surface area (Å²) in [6.07, 6.45) is 0.299. The first-order valence-corrected chi connectivity index (χ1v) is 10.8. The number of aromatic nitrogens is 3.